The zero-order chi connectivity index (χ0) is 19.2. The summed E-state index contributed by atoms with van der Waals surface area (Å²) in [5, 5.41) is 3.72. The first kappa shape index (κ1) is 19.2. The van der Waals surface area contributed by atoms with E-state index in [1.54, 1.807) is 7.11 Å². The zero-order valence-electron chi connectivity index (χ0n) is 15.7. The van der Waals surface area contributed by atoms with Crippen molar-refractivity contribution >= 4 is 28.5 Å². The van der Waals surface area contributed by atoms with Gasteiger partial charge in [0.1, 0.15) is 11.6 Å². The second-order valence-corrected chi connectivity index (χ2v) is 6.96. The topological polar surface area (TPSA) is 56.1 Å². The standard InChI is InChI=1S/C21H24ClN3O2/c1-25-19-11-10-17(27-2)14-18(19)24-20(25)12-13-23-21(26)5-3-4-15-6-8-16(22)9-7-15/h6-11,14H,3-5,12-13H2,1-2H3,(H,23,26). The van der Waals surface area contributed by atoms with Crippen molar-refractivity contribution in [1.82, 2.24) is 14.9 Å². The maximum atomic E-state index is 12.0. The van der Waals surface area contributed by atoms with E-state index in [2.05, 4.69) is 14.9 Å². The smallest absolute Gasteiger partial charge is 0.220 e. The number of hydrogen-bond acceptors (Lipinski definition) is 3. The van der Waals surface area contributed by atoms with Crippen LogP contribution in [0.3, 0.4) is 0 Å². The molecule has 0 atom stereocenters. The van der Waals surface area contributed by atoms with Crippen LogP contribution in [0.4, 0.5) is 0 Å². The number of rotatable bonds is 8. The van der Waals surface area contributed by atoms with Crippen molar-refractivity contribution in [1.29, 1.82) is 0 Å². The first-order valence-electron chi connectivity index (χ1n) is 9.07. The van der Waals surface area contributed by atoms with Crippen molar-refractivity contribution in [3.8, 4) is 5.75 Å². The van der Waals surface area contributed by atoms with Gasteiger partial charge in [0, 0.05) is 37.5 Å². The molecule has 0 saturated carbocycles. The van der Waals surface area contributed by atoms with E-state index >= 15 is 0 Å². The fourth-order valence-corrected chi connectivity index (χ4v) is 3.21. The fraction of sp³-hybridized carbons (Fsp3) is 0.333. The van der Waals surface area contributed by atoms with Crippen molar-refractivity contribution in [3.63, 3.8) is 0 Å². The first-order chi connectivity index (χ1) is 13.1. The van der Waals surface area contributed by atoms with Gasteiger partial charge in [-0.2, -0.15) is 0 Å². The summed E-state index contributed by atoms with van der Waals surface area (Å²) in [6, 6.07) is 13.6. The Morgan fingerprint density at radius 3 is 2.70 bits per heavy atom. The third-order valence-corrected chi connectivity index (χ3v) is 4.89. The minimum Gasteiger partial charge on any atom is -0.497 e. The Kier molecular flexibility index (Phi) is 6.35. The Labute approximate surface area is 164 Å². The average Bonchev–Trinajstić information content (AvgIpc) is 2.98. The first-order valence-corrected chi connectivity index (χ1v) is 9.45. The molecule has 0 aliphatic rings. The van der Waals surface area contributed by atoms with Gasteiger partial charge in [0.15, 0.2) is 0 Å². The molecule has 1 heterocycles. The van der Waals surface area contributed by atoms with Gasteiger partial charge in [-0.05, 0) is 42.7 Å². The molecule has 5 nitrogen and oxygen atoms in total. The Balaban J connectivity index is 1.45. The Bertz CT molecular complexity index is 919. The minimum atomic E-state index is 0.0735. The van der Waals surface area contributed by atoms with Crippen molar-refractivity contribution < 1.29 is 9.53 Å². The lowest BCUT2D eigenvalue weighted by Gasteiger charge is -2.06. The van der Waals surface area contributed by atoms with Crippen LogP contribution in [0.5, 0.6) is 5.75 Å². The lowest BCUT2D eigenvalue weighted by Crippen LogP contribution is -2.26. The second-order valence-electron chi connectivity index (χ2n) is 6.52. The molecule has 1 aromatic heterocycles. The molecular formula is C21H24ClN3O2. The predicted octanol–water partition coefficient (Wildman–Crippen LogP) is 3.92. The number of carbonyl (C=O) groups excluding carboxylic acids is 1. The summed E-state index contributed by atoms with van der Waals surface area (Å²) >= 11 is 5.88. The van der Waals surface area contributed by atoms with E-state index in [1.165, 1.54) is 5.56 Å². The fourth-order valence-electron chi connectivity index (χ4n) is 3.09. The number of carbonyl (C=O) groups is 1. The molecule has 0 saturated heterocycles. The quantitative estimate of drug-likeness (QED) is 0.639. The Morgan fingerprint density at radius 1 is 1.19 bits per heavy atom. The van der Waals surface area contributed by atoms with Crippen LogP contribution in [0.25, 0.3) is 11.0 Å². The number of hydrogen-bond donors (Lipinski definition) is 1. The van der Waals surface area contributed by atoms with E-state index in [0.29, 0.717) is 19.4 Å². The van der Waals surface area contributed by atoms with Gasteiger partial charge in [-0.1, -0.05) is 23.7 Å². The Morgan fingerprint density at radius 2 is 1.96 bits per heavy atom. The van der Waals surface area contributed by atoms with E-state index in [9.17, 15) is 4.79 Å². The molecule has 2 aromatic carbocycles. The number of aryl methyl sites for hydroxylation is 2. The third kappa shape index (κ3) is 5.01. The molecule has 0 aliphatic heterocycles. The van der Waals surface area contributed by atoms with Crippen molar-refractivity contribution in [3.05, 3.63) is 58.9 Å². The molecule has 3 aromatic rings. The SMILES string of the molecule is COc1ccc2c(c1)nc(CCNC(=O)CCCc1ccc(Cl)cc1)n2C. The molecule has 0 bridgehead atoms. The number of fused-ring (bicyclic) bond motifs is 1. The van der Waals surface area contributed by atoms with Crippen LogP contribution in [-0.2, 0) is 24.7 Å². The number of aromatic nitrogens is 2. The normalized spacial score (nSPS) is 10.9. The summed E-state index contributed by atoms with van der Waals surface area (Å²) in [4.78, 5) is 16.7. The maximum absolute atomic E-state index is 12.0. The van der Waals surface area contributed by atoms with E-state index in [0.717, 1.165) is 40.5 Å². The van der Waals surface area contributed by atoms with Crippen LogP contribution in [0.2, 0.25) is 5.02 Å². The number of methoxy groups -OCH3 is 1. The molecule has 0 unspecified atom stereocenters. The van der Waals surface area contributed by atoms with Crippen LogP contribution < -0.4 is 10.1 Å². The molecule has 1 amide bonds. The molecule has 142 valence electrons. The maximum Gasteiger partial charge on any atom is 0.220 e. The number of amides is 1. The highest BCUT2D eigenvalue weighted by molar-refractivity contribution is 6.30. The molecule has 27 heavy (non-hydrogen) atoms. The number of benzene rings is 2. The monoisotopic (exact) mass is 385 g/mol. The van der Waals surface area contributed by atoms with Crippen LogP contribution >= 0.6 is 11.6 Å². The number of halogens is 1. The summed E-state index contributed by atoms with van der Waals surface area (Å²) in [5.41, 5.74) is 3.16. The van der Waals surface area contributed by atoms with Gasteiger partial charge in [-0.25, -0.2) is 4.98 Å². The van der Waals surface area contributed by atoms with Gasteiger partial charge >= 0.3 is 0 Å². The summed E-state index contributed by atoms with van der Waals surface area (Å²) in [6.07, 6.45) is 2.90. The van der Waals surface area contributed by atoms with Crippen molar-refractivity contribution in [2.24, 2.45) is 7.05 Å². The molecule has 0 aliphatic carbocycles. The van der Waals surface area contributed by atoms with E-state index in [1.807, 2.05) is 49.5 Å². The summed E-state index contributed by atoms with van der Waals surface area (Å²) < 4.78 is 7.30. The average molecular weight is 386 g/mol. The third-order valence-electron chi connectivity index (χ3n) is 4.63. The highest BCUT2D eigenvalue weighted by Crippen LogP contribution is 2.21. The van der Waals surface area contributed by atoms with Gasteiger partial charge < -0.3 is 14.6 Å². The van der Waals surface area contributed by atoms with E-state index < -0.39 is 0 Å². The van der Waals surface area contributed by atoms with Gasteiger partial charge in [-0.15, -0.1) is 0 Å². The summed E-state index contributed by atoms with van der Waals surface area (Å²) in [6.45, 7) is 0.577. The lowest BCUT2D eigenvalue weighted by atomic mass is 10.1. The van der Waals surface area contributed by atoms with Gasteiger partial charge in [0.2, 0.25) is 5.91 Å². The predicted molar refractivity (Wildman–Crippen MR) is 108 cm³/mol. The van der Waals surface area contributed by atoms with Gasteiger partial charge in [-0.3, -0.25) is 4.79 Å². The number of ether oxygens (including phenoxy) is 1. The van der Waals surface area contributed by atoms with Gasteiger partial charge in [0.25, 0.3) is 0 Å². The summed E-state index contributed by atoms with van der Waals surface area (Å²) in [5.74, 6) is 1.81. The van der Waals surface area contributed by atoms with Crippen LogP contribution in [0.1, 0.15) is 24.2 Å². The molecule has 3 rings (SSSR count). The Hall–Kier alpha value is -2.53. The van der Waals surface area contributed by atoms with Crippen LogP contribution in [0.15, 0.2) is 42.5 Å². The molecule has 1 N–H and O–H groups in total. The molecule has 0 radical (unpaired) electrons. The summed E-state index contributed by atoms with van der Waals surface area (Å²) in [7, 11) is 3.64. The van der Waals surface area contributed by atoms with Crippen LogP contribution in [-0.4, -0.2) is 29.1 Å². The molecule has 0 spiro atoms. The lowest BCUT2D eigenvalue weighted by molar-refractivity contribution is -0.121. The molecule has 6 heteroatoms. The minimum absolute atomic E-state index is 0.0735. The zero-order valence-corrected chi connectivity index (χ0v) is 16.4. The van der Waals surface area contributed by atoms with E-state index in [-0.39, 0.29) is 5.91 Å². The van der Waals surface area contributed by atoms with Crippen LogP contribution in [0, 0.1) is 0 Å². The van der Waals surface area contributed by atoms with Gasteiger partial charge in [0.05, 0.1) is 18.1 Å². The highest BCUT2D eigenvalue weighted by atomic mass is 35.5. The van der Waals surface area contributed by atoms with Crippen molar-refractivity contribution in [2.75, 3.05) is 13.7 Å². The highest BCUT2D eigenvalue weighted by Gasteiger charge is 2.09. The second kappa shape index (κ2) is 8.91. The van der Waals surface area contributed by atoms with Crippen molar-refractivity contribution in [2.45, 2.75) is 25.7 Å². The number of nitrogens with one attached hydrogen (secondary N) is 1. The molecular weight excluding hydrogens is 362 g/mol. The van der Waals surface area contributed by atoms with E-state index in [4.69, 9.17) is 16.3 Å². The molecule has 0 fully saturated rings. The number of nitrogens with zero attached hydrogens (tertiary/aromatic N) is 2. The number of imidazole rings is 1. The largest absolute Gasteiger partial charge is 0.497 e.